The Morgan fingerprint density at radius 2 is 2.18 bits per heavy atom. The van der Waals surface area contributed by atoms with Crippen molar-refractivity contribution in [3.05, 3.63) is 18.3 Å². The van der Waals surface area contributed by atoms with Gasteiger partial charge in [-0.15, -0.1) is 5.10 Å². The molecule has 0 spiro atoms. The predicted octanol–water partition coefficient (Wildman–Crippen LogP) is 1.69. The van der Waals surface area contributed by atoms with Crippen LogP contribution in [0.4, 0.5) is 5.82 Å². The third kappa shape index (κ3) is 3.40. The lowest BCUT2D eigenvalue weighted by Crippen LogP contribution is -2.40. The normalized spacial score (nSPS) is 17.4. The van der Waals surface area contributed by atoms with E-state index in [0.717, 1.165) is 31.4 Å². The summed E-state index contributed by atoms with van der Waals surface area (Å²) in [5, 5.41) is 11.6. The summed E-state index contributed by atoms with van der Waals surface area (Å²) in [4.78, 5) is 2.36. The minimum absolute atomic E-state index is 0.474. The van der Waals surface area contributed by atoms with Gasteiger partial charge in [0.2, 0.25) is 0 Å². The van der Waals surface area contributed by atoms with Crippen LogP contribution >= 0.6 is 0 Å². The highest BCUT2D eigenvalue weighted by atomic mass is 15.3. The molecular weight excluding hydrogens is 212 g/mol. The topological polar surface area (TPSA) is 41.0 Å². The molecule has 0 atom stereocenters. The summed E-state index contributed by atoms with van der Waals surface area (Å²) in [6.07, 6.45) is 4.26. The largest absolute Gasteiger partial charge is 0.352 e. The van der Waals surface area contributed by atoms with E-state index in [0.29, 0.717) is 6.04 Å². The molecular formula is C13H22N4. The Labute approximate surface area is 103 Å². The fraction of sp³-hybridized carbons (Fsp3) is 0.692. The van der Waals surface area contributed by atoms with Crippen LogP contribution in [0.5, 0.6) is 0 Å². The lowest BCUT2D eigenvalue weighted by atomic mass is 9.97. The standard InChI is InChI=1S/C13H22N4/c1-11(2)17(13-4-3-7-15-16-13)10-12-5-8-14-9-6-12/h3-4,7,11-12,14H,5-6,8-10H2,1-2H3. The van der Waals surface area contributed by atoms with Crippen molar-refractivity contribution in [1.29, 1.82) is 0 Å². The Morgan fingerprint density at radius 3 is 2.76 bits per heavy atom. The Balaban J connectivity index is 2.02. The lowest BCUT2D eigenvalue weighted by molar-refractivity contribution is 0.366. The summed E-state index contributed by atoms with van der Waals surface area (Å²) in [5.41, 5.74) is 0. The van der Waals surface area contributed by atoms with Gasteiger partial charge in [-0.3, -0.25) is 0 Å². The second-order valence-corrected chi connectivity index (χ2v) is 5.02. The number of nitrogens with zero attached hydrogens (tertiary/aromatic N) is 3. The molecule has 0 unspecified atom stereocenters. The van der Waals surface area contributed by atoms with Crippen molar-refractivity contribution >= 4 is 5.82 Å². The predicted molar refractivity (Wildman–Crippen MR) is 70.1 cm³/mol. The molecule has 0 saturated carbocycles. The first kappa shape index (κ1) is 12.3. The highest BCUT2D eigenvalue weighted by Gasteiger charge is 2.19. The first-order valence-corrected chi connectivity index (χ1v) is 6.52. The molecule has 0 aromatic carbocycles. The van der Waals surface area contributed by atoms with Crippen molar-refractivity contribution in [2.24, 2.45) is 5.92 Å². The van der Waals surface area contributed by atoms with Gasteiger partial charge in [-0.1, -0.05) is 0 Å². The number of piperidine rings is 1. The van der Waals surface area contributed by atoms with E-state index in [9.17, 15) is 0 Å². The van der Waals surface area contributed by atoms with E-state index in [2.05, 4.69) is 34.3 Å². The first-order chi connectivity index (χ1) is 8.27. The third-order valence-corrected chi connectivity index (χ3v) is 3.39. The highest BCUT2D eigenvalue weighted by Crippen LogP contribution is 2.19. The SMILES string of the molecule is CC(C)N(CC1CCNCC1)c1cccnn1. The van der Waals surface area contributed by atoms with Gasteiger partial charge in [0.25, 0.3) is 0 Å². The second-order valence-electron chi connectivity index (χ2n) is 5.02. The molecule has 0 bridgehead atoms. The Kier molecular flexibility index (Phi) is 4.31. The average molecular weight is 234 g/mol. The molecule has 0 amide bonds. The van der Waals surface area contributed by atoms with Gasteiger partial charge in [0, 0.05) is 18.8 Å². The van der Waals surface area contributed by atoms with Gasteiger partial charge < -0.3 is 10.2 Å². The smallest absolute Gasteiger partial charge is 0.151 e. The maximum atomic E-state index is 4.23. The summed E-state index contributed by atoms with van der Waals surface area (Å²) in [6.45, 7) is 7.83. The van der Waals surface area contributed by atoms with Crippen LogP contribution in [-0.4, -0.2) is 35.9 Å². The molecule has 1 saturated heterocycles. The van der Waals surface area contributed by atoms with Crippen molar-refractivity contribution in [1.82, 2.24) is 15.5 Å². The van der Waals surface area contributed by atoms with Crippen LogP contribution in [0.2, 0.25) is 0 Å². The van der Waals surface area contributed by atoms with Crippen LogP contribution in [-0.2, 0) is 0 Å². The molecule has 1 fully saturated rings. The van der Waals surface area contributed by atoms with Crippen molar-refractivity contribution in [3.63, 3.8) is 0 Å². The number of hydrogen-bond acceptors (Lipinski definition) is 4. The number of anilines is 1. The van der Waals surface area contributed by atoms with Gasteiger partial charge in [0.15, 0.2) is 5.82 Å². The summed E-state index contributed by atoms with van der Waals surface area (Å²) >= 11 is 0. The average Bonchev–Trinajstić information content (AvgIpc) is 2.38. The van der Waals surface area contributed by atoms with Crippen LogP contribution in [0, 0.1) is 5.92 Å². The van der Waals surface area contributed by atoms with Gasteiger partial charge in [0.1, 0.15) is 0 Å². The molecule has 4 nitrogen and oxygen atoms in total. The van der Waals surface area contributed by atoms with Crippen molar-refractivity contribution in [2.75, 3.05) is 24.5 Å². The van der Waals surface area contributed by atoms with Crippen LogP contribution < -0.4 is 10.2 Å². The van der Waals surface area contributed by atoms with Crippen LogP contribution in [0.25, 0.3) is 0 Å². The fourth-order valence-corrected chi connectivity index (χ4v) is 2.36. The molecule has 2 heterocycles. The molecule has 1 aliphatic heterocycles. The molecule has 0 aliphatic carbocycles. The van der Waals surface area contributed by atoms with Crippen LogP contribution in [0.1, 0.15) is 26.7 Å². The third-order valence-electron chi connectivity index (χ3n) is 3.39. The zero-order valence-electron chi connectivity index (χ0n) is 10.8. The Hall–Kier alpha value is -1.16. The molecule has 2 rings (SSSR count). The van der Waals surface area contributed by atoms with E-state index < -0.39 is 0 Å². The van der Waals surface area contributed by atoms with E-state index in [1.165, 1.54) is 12.8 Å². The molecule has 4 heteroatoms. The maximum Gasteiger partial charge on any atom is 0.151 e. The van der Waals surface area contributed by atoms with Crippen LogP contribution in [0.3, 0.4) is 0 Å². The molecule has 1 aromatic rings. The number of nitrogens with one attached hydrogen (secondary N) is 1. The van der Waals surface area contributed by atoms with Crippen molar-refractivity contribution < 1.29 is 0 Å². The molecule has 0 radical (unpaired) electrons. The monoisotopic (exact) mass is 234 g/mol. The second kappa shape index (κ2) is 5.96. The van der Waals surface area contributed by atoms with Gasteiger partial charge in [0.05, 0.1) is 0 Å². The number of aromatic nitrogens is 2. The quantitative estimate of drug-likeness (QED) is 0.861. The zero-order chi connectivity index (χ0) is 12.1. The summed E-state index contributed by atoms with van der Waals surface area (Å²) < 4.78 is 0. The van der Waals surface area contributed by atoms with E-state index in [4.69, 9.17) is 0 Å². The Bertz CT molecular complexity index is 319. The number of rotatable bonds is 4. The van der Waals surface area contributed by atoms with E-state index in [1.807, 2.05) is 12.1 Å². The first-order valence-electron chi connectivity index (χ1n) is 6.52. The van der Waals surface area contributed by atoms with E-state index in [-0.39, 0.29) is 0 Å². The highest BCUT2D eigenvalue weighted by molar-refractivity contribution is 5.37. The van der Waals surface area contributed by atoms with Crippen molar-refractivity contribution in [3.8, 4) is 0 Å². The molecule has 94 valence electrons. The molecule has 1 N–H and O–H groups in total. The van der Waals surface area contributed by atoms with Crippen molar-refractivity contribution in [2.45, 2.75) is 32.7 Å². The molecule has 17 heavy (non-hydrogen) atoms. The van der Waals surface area contributed by atoms with Gasteiger partial charge in [-0.2, -0.15) is 5.10 Å². The fourth-order valence-electron chi connectivity index (χ4n) is 2.36. The summed E-state index contributed by atoms with van der Waals surface area (Å²) in [6, 6.07) is 4.48. The maximum absolute atomic E-state index is 4.23. The van der Waals surface area contributed by atoms with E-state index >= 15 is 0 Å². The lowest BCUT2D eigenvalue weighted by Gasteiger charge is -2.33. The van der Waals surface area contributed by atoms with Crippen LogP contribution in [0.15, 0.2) is 18.3 Å². The van der Waals surface area contributed by atoms with Gasteiger partial charge in [-0.05, 0) is 57.8 Å². The minimum atomic E-state index is 0.474. The number of hydrogen-bond donors (Lipinski definition) is 1. The van der Waals surface area contributed by atoms with Gasteiger partial charge >= 0.3 is 0 Å². The van der Waals surface area contributed by atoms with E-state index in [1.54, 1.807) is 6.20 Å². The summed E-state index contributed by atoms with van der Waals surface area (Å²) in [5.74, 6) is 1.78. The van der Waals surface area contributed by atoms with Gasteiger partial charge in [-0.25, -0.2) is 0 Å². The Morgan fingerprint density at radius 1 is 1.41 bits per heavy atom. The minimum Gasteiger partial charge on any atom is -0.352 e. The summed E-state index contributed by atoms with van der Waals surface area (Å²) in [7, 11) is 0. The molecule has 1 aliphatic rings. The zero-order valence-corrected chi connectivity index (χ0v) is 10.8. The molecule has 1 aromatic heterocycles.